The number of halogens is 1. The van der Waals surface area contributed by atoms with E-state index in [0.717, 1.165) is 15.7 Å². The second-order valence-corrected chi connectivity index (χ2v) is 4.24. The van der Waals surface area contributed by atoms with Gasteiger partial charge in [0.15, 0.2) is 5.11 Å². The molecule has 70 valence electrons. The lowest BCUT2D eigenvalue weighted by molar-refractivity contribution is 1.33. The smallest absolute Gasteiger partial charge is 0.168 e. The molecule has 0 aliphatic carbocycles. The average Bonchev–Trinajstić information content (AvgIpc) is 1.98. The van der Waals surface area contributed by atoms with Crippen LogP contribution in [0.4, 0.5) is 5.69 Å². The zero-order chi connectivity index (χ0) is 10.0. The van der Waals surface area contributed by atoms with Crippen molar-refractivity contribution in [3.63, 3.8) is 0 Å². The summed E-state index contributed by atoms with van der Waals surface area (Å²) >= 11 is 8.19. The maximum absolute atomic E-state index is 5.40. The fourth-order valence-electron chi connectivity index (χ4n) is 1.08. The highest BCUT2D eigenvalue weighted by atomic mass is 79.9. The van der Waals surface area contributed by atoms with Gasteiger partial charge in [0.05, 0.1) is 0 Å². The summed E-state index contributed by atoms with van der Waals surface area (Å²) in [6, 6.07) is 4.02. The Balaban J connectivity index is 3.12. The molecule has 0 amide bonds. The van der Waals surface area contributed by atoms with Crippen LogP contribution >= 0.6 is 28.1 Å². The predicted octanol–water partition coefficient (Wildman–Crippen LogP) is 2.72. The highest BCUT2D eigenvalue weighted by molar-refractivity contribution is 9.10. The summed E-state index contributed by atoms with van der Waals surface area (Å²) in [7, 11) is 0. The lowest BCUT2D eigenvalue weighted by Gasteiger charge is -2.10. The molecule has 13 heavy (non-hydrogen) atoms. The third kappa shape index (κ3) is 2.67. The van der Waals surface area contributed by atoms with Crippen molar-refractivity contribution >= 4 is 38.9 Å². The molecule has 4 heteroatoms. The Labute approximate surface area is 91.6 Å². The van der Waals surface area contributed by atoms with Crippen LogP contribution in [-0.2, 0) is 0 Å². The lowest BCUT2D eigenvalue weighted by Crippen LogP contribution is -2.19. The summed E-state index contributed by atoms with van der Waals surface area (Å²) in [5.74, 6) is 0. The van der Waals surface area contributed by atoms with Gasteiger partial charge in [-0.05, 0) is 49.3 Å². The van der Waals surface area contributed by atoms with Gasteiger partial charge in [-0.25, -0.2) is 0 Å². The molecule has 0 unspecified atom stereocenters. The summed E-state index contributed by atoms with van der Waals surface area (Å²) in [4.78, 5) is 0. The van der Waals surface area contributed by atoms with Gasteiger partial charge in [-0.15, -0.1) is 0 Å². The fourth-order valence-corrected chi connectivity index (χ4v) is 1.76. The quantitative estimate of drug-likeness (QED) is 0.761. The molecule has 0 aromatic heterocycles. The number of nitrogens with one attached hydrogen (secondary N) is 1. The topological polar surface area (TPSA) is 38.0 Å². The number of hydrogen-bond acceptors (Lipinski definition) is 1. The number of nitrogens with two attached hydrogens (primary N) is 1. The van der Waals surface area contributed by atoms with Crippen molar-refractivity contribution < 1.29 is 0 Å². The van der Waals surface area contributed by atoms with Crippen LogP contribution in [0, 0.1) is 13.8 Å². The van der Waals surface area contributed by atoms with Crippen LogP contribution < -0.4 is 11.1 Å². The molecule has 0 spiro atoms. The van der Waals surface area contributed by atoms with E-state index in [1.165, 1.54) is 5.56 Å². The summed E-state index contributed by atoms with van der Waals surface area (Å²) in [5, 5.41) is 3.23. The Hall–Kier alpha value is -0.610. The molecule has 1 aromatic rings. The van der Waals surface area contributed by atoms with E-state index in [2.05, 4.69) is 27.3 Å². The maximum Gasteiger partial charge on any atom is 0.168 e. The van der Waals surface area contributed by atoms with E-state index in [1.807, 2.05) is 19.9 Å². The molecule has 0 heterocycles. The number of thiocarbonyl (C=S) groups is 1. The van der Waals surface area contributed by atoms with E-state index in [4.69, 9.17) is 18.0 Å². The number of anilines is 1. The Morgan fingerprint density at radius 1 is 1.46 bits per heavy atom. The van der Waals surface area contributed by atoms with E-state index in [0.29, 0.717) is 5.11 Å². The minimum atomic E-state index is 0.292. The highest BCUT2D eigenvalue weighted by Crippen LogP contribution is 2.24. The molecule has 0 aliphatic heterocycles. The monoisotopic (exact) mass is 258 g/mol. The predicted molar refractivity (Wildman–Crippen MR) is 64.0 cm³/mol. The fraction of sp³-hybridized carbons (Fsp3) is 0.222. The van der Waals surface area contributed by atoms with Crippen molar-refractivity contribution in [3.05, 3.63) is 27.7 Å². The van der Waals surface area contributed by atoms with Gasteiger partial charge in [0, 0.05) is 10.2 Å². The van der Waals surface area contributed by atoms with Crippen LogP contribution in [0.25, 0.3) is 0 Å². The number of aryl methyl sites for hydroxylation is 1. The Morgan fingerprint density at radius 2 is 2.08 bits per heavy atom. The maximum atomic E-state index is 5.40. The normalized spacial score (nSPS) is 9.77. The third-order valence-corrected chi connectivity index (χ3v) is 2.45. The molecule has 1 rings (SSSR count). The molecule has 0 fully saturated rings. The van der Waals surface area contributed by atoms with E-state index in [-0.39, 0.29) is 0 Å². The molecule has 2 nitrogen and oxygen atoms in total. The van der Waals surface area contributed by atoms with Crippen LogP contribution in [0.5, 0.6) is 0 Å². The van der Waals surface area contributed by atoms with E-state index < -0.39 is 0 Å². The molecule has 0 saturated heterocycles. The SMILES string of the molecule is Cc1cc(Br)cc(NC(N)=S)c1C. The zero-order valence-electron chi connectivity index (χ0n) is 7.52. The van der Waals surface area contributed by atoms with Gasteiger partial charge in [-0.1, -0.05) is 15.9 Å². The van der Waals surface area contributed by atoms with Crippen LogP contribution in [0.15, 0.2) is 16.6 Å². The van der Waals surface area contributed by atoms with Crippen molar-refractivity contribution in [2.24, 2.45) is 5.73 Å². The van der Waals surface area contributed by atoms with Crippen LogP contribution in [-0.4, -0.2) is 5.11 Å². The highest BCUT2D eigenvalue weighted by Gasteiger charge is 2.03. The second-order valence-electron chi connectivity index (χ2n) is 2.88. The van der Waals surface area contributed by atoms with Crippen LogP contribution in [0.1, 0.15) is 11.1 Å². The first-order valence-corrected chi connectivity index (χ1v) is 5.04. The number of benzene rings is 1. The molecule has 0 bridgehead atoms. The van der Waals surface area contributed by atoms with Gasteiger partial charge in [0.25, 0.3) is 0 Å². The Morgan fingerprint density at radius 3 is 2.62 bits per heavy atom. The first-order chi connectivity index (χ1) is 6.00. The molecule has 1 aromatic carbocycles. The van der Waals surface area contributed by atoms with Gasteiger partial charge in [0.2, 0.25) is 0 Å². The summed E-state index contributed by atoms with van der Waals surface area (Å²) in [6.07, 6.45) is 0. The van der Waals surface area contributed by atoms with Crippen molar-refractivity contribution in [2.75, 3.05) is 5.32 Å². The molecule has 0 saturated carbocycles. The summed E-state index contributed by atoms with van der Waals surface area (Å²) in [5.41, 5.74) is 8.72. The second kappa shape index (κ2) is 4.07. The van der Waals surface area contributed by atoms with Crippen LogP contribution in [0.2, 0.25) is 0 Å². The largest absolute Gasteiger partial charge is 0.376 e. The van der Waals surface area contributed by atoms with Crippen molar-refractivity contribution in [1.29, 1.82) is 0 Å². The summed E-state index contributed by atoms with van der Waals surface area (Å²) < 4.78 is 1.02. The van der Waals surface area contributed by atoms with Crippen LogP contribution in [0.3, 0.4) is 0 Å². The minimum absolute atomic E-state index is 0.292. The number of rotatable bonds is 1. The third-order valence-electron chi connectivity index (χ3n) is 1.89. The standard InChI is InChI=1S/C9H11BrN2S/c1-5-3-7(10)4-8(6(5)2)12-9(11)13/h3-4H,1-2H3,(H3,11,12,13). The van der Waals surface area contributed by atoms with E-state index in [9.17, 15) is 0 Å². The summed E-state index contributed by atoms with van der Waals surface area (Å²) in [6.45, 7) is 4.08. The first-order valence-electron chi connectivity index (χ1n) is 3.84. The van der Waals surface area contributed by atoms with Gasteiger partial charge in [-0.3, -0.25) is 0 Å². The molecule has 0 atom stereocenters. The van der Waals surface area contributed by atoms with Gasteiger partial charge >= 0.3 is 0 Å². The average molecular weight is 259 g/mol. The molecule has 3 N–H and O–H groups in total. The zero-order valence-corrected chi connectivity index (χ0v) is 9.92. The van der Waals surface area contributed by atoms with Gasteiger partial charge in [0.1, 0.15) is 0 Å². The first kappa shape index (κ1) is 10.5. The van der Waals surface area contributed by atoms with Crippen molar-refractivity contribution in [2.45, 2.75) is 13.8 Å². The van der Waals surface area contributed by atoms with Gasteiger partial charge < -0.3 is 11.1 Å². The molecular weight excluding hydrogens is 248 g/mol. The molecular formula is C9H11BrN2S. The minimum Gasteiger partial charge on any atom is -0.376 e. The van der Waals surface area contributed by atoms with E-state index >= 15 is 0 Å². The molecule has 0 radical (unpaired) electrons. The van der Waals surface area contributed by atoms with Crippen molar-refractivity contribution in [1.82, 2.24) is 0 Å². The molecule has 0 aliphatic rings. The van der Waals surface area contributed by atoms with E-state index in [1.54, 1.807) is 0 Å². The van der Waals surface area contributed by atoms with Crippen molar-refractivity contribution in [3.8, 4) is 0 Å². The Kier molecular flexibility index (Phi) is 3.27. The number of hydrogen-bond donors (Lipinski definition) is 2. The van der Waals surface area contributed by atoms with Gasteiger partial charge in [-0.2, -0.15) is 0 Å². The lowest BCUT2D eigenvalue weighted by atomic mass is 10.1. The Bertz CT molecular complexity index is 350.